The second kappa shape index (κ2) is 5.78. The second-order valence-electron chi connectivity index (χ2n) is 2.53. The molecule has 0 N–H and O–H groups in total. The molecule has 0 saturated carbocycles. The fourth-order valence-corrected chi connectivity index (χ4v) is 1.27. The van der Waals surface area contributed by atoms with Crippen LogP contribution in [0.2, 0.25) is 10.0 Å². The Kier molecular flexibility index (Phi) is 4.65. The molecule has 0 saturated heterocycles. The van der Waals surface area contributed by atoms with Gasteiger partial charge in [0.2, 0.25) is 5.88 Å². The van der Waals surface area contributed by atoms with Crippen LogP contribution in [0.3, 0.4) is 0 Å². The summed E-state index contributed by atoms with van der Waals surface area (Å²) >= 11 is 11.4. The highest BCUT2D eigenvalue weighted by Gasteiger charge is 2.07. The minimum Gasteiger partial charge on any atom is -0.465 e. The number of nitrogens with zero attached hydrogens (tertiary/aromatic N) is 1. The molecule has 0 aliphatic heterocycles. The predicted octanol–water partition coefficient (Wildman–Crippen LogP) is 2.33. The van der Waals surface area contributed by atoms with Crippen LogP contribution in [0.5, 0.6) is 5.88 Å². The lowest BCUT2D eigenvalue weighted by Gasteiger charge is -2.06. The van der Waals surface area contributed by atoms with Gasteiger partial charge in [-0.05, 0) is 13.0 Å². The van der Waals surface area contributed by atoms with E-state index in [1.54, 1.807) is 6.92 Å². The van der Waals surface area contributed by atoms with E-state index in [2.05, 4.69) is 9.72 Å². The molecule has 0 fully saturated rings. The Morgan fingerprint density at radius 3 is 2.87 bits per heavy atom. The Balaban J connectivity index is 2.54. The van der Waals surface area contributed by atoms with Gasteiger partial charge in [-0.1, -0.05) is 23.2 Å². The molecule has 15 heavy (non-hydrogen) atoms. The van der Waals surface area contributed by atoms with Gasteiger partial charge in [0.1, 0.15) is 5.02 Å². The summed E-state index contributed by atoms with van der Waals surface area (Å²) in [6.45, 7) is 1.80. The number of aromatic nitrogens is 1. The summed E-state index contributed by atoms with van der Waals surface area (Å²) in [7, 11) is 0. The molecule has 0 amide bonds. The zero-order valence-electron chi connectivity index (χ0n) is 8.00. The van der Waals surface area contributed by atoms with Crippen LogP contribution in [0.1, 0.15) is 6.92 Å². The van der Waals surface area contributed by atoms with Gasteiger partial charge in [0.05, 0.1) is 11.6 Å². The molecule has 4 nitrogen and oxygen atoms in total. The van der Waals surface area contributed by atoms with E-state index in [1.165, 1.54) is 12.3 Å². The summed E-state index contributed by atoms with van der Waals surface area (Å²) in [5.41, 5.74) is 0. The van der Waals surface area contributed by atoms with Gasteiger partial charge in [0.15, 0.2) is 6.61 Å². The van der Waals surface area contributed by atoms with Gasteiger partial charge < -0.3 is 9.47 Å². The second-order valence-corrected chi connectivity index (χ2v) is 3.38. The van der Waals surface area contributed by atoms with Crippen molar-refractivity contribution in [3.05, 3.63) is 22.3 Å². The number of ether oxygens (including phenoxy) is 2. The van der Waals surface area contributed by atoms with Crippen molar-refractivity contribution in [1.82, 2.24) is 4.98 Å². The van der Waals surface area contributed by atoms with E-state index in [-0.39, 0.29) is 17.5 Å². The molecular formula is C9H9Cl2NO3. The molecule has 0 spiro atoms. The number of hydrogen-bond acceptors (Lipinski definition) is 4. The first-order valence-electron chi connectivity index (χ1n) is 4.23. The maximum absolute atomic E-state index is 11.0. The lowest BCUT2D eigenvalue weighted by molar-refractivity contribution is -0.145. The van der Waals surface area contributed by atoms with Crippen molar-refractivity contribution in [2.24, 2.45) is 0 Å². The quantitative estimate of drug-likeness (QED) is 0.769. The van der Waals surface area contributed by atoms with Crippen molar-refractivity contribution in [2.75, 3.05) is 13.2 Å². The van der Waals surface area contributed by atoms with Crippen LogP contribution in [0.25, 0.3) is 0 Å². The standard InChI is InChI=1S/C9H9Cl2NO3/c1-2-14-8(13)5-15-9-7(11)3-6(10)4-12-9/h3-4H,2,5H2,1H3. The van der Waals surface area contributed by atoms with E-state index in [1.807, 2.05) is 0 Å². The number of halogens is 2. The predicted molar refractivity (Wildman–Crippen MR) is 56.4 cm³/mol. The molecule has 0 bridgehead atoms. The third-order valence-electron chi connectivity index (χ3n) is 1.41. The molecule has 1 rings (SSSR count). The molecule has 0 aliphatic rings. The van der Waals surface area contributed by atoms with Crippen LogP contribution in [0, 0.1) is 0 Å². The number of hydrogen-bond donors (Lipinski definition) is 0. The molecular weight excluding hydrogens is 241 g/mol. The SMILES string of the molecule is CCOC(=O)COc1ncc(Cl)cc1Cl. The average Bonchev–Trinajstić information content (AvgIpc) is 2.17. The summed E-state index contributed by atoms with van der Waals surface area (Å²) in [5.74, 6) is -0.306. The van der Waals surface area contributed by atoms with Gasteiger partial charge in [0, 0.05) is 6.20 Å². The third-order valence-corrected chi connectivity index (χ3v) is 1.88. The average molecular weight is 250 g/mol. The van der Waals surface area contributed by atoms with Crippen LogP contribution in [-0.2, 0) is 9.53 Å². The summed E-state index contributed by atoms with van der Waals surface area (Å²) in [6.07, 6.45) is 1.38. The first-order chi connectivity index (χ1) is 7.13. The number of rotatable bonds is 4. The van der Waals surface area contributed by atoms with E-state index in [4.69, 9.17) is 27.9 Å². The molecule has 82 valence electrons. The zero-order valence-corrected chi connectivity index (χ0v) is 9.51. The van der Waals surface area contributed by atoms with E-state index in [0.717, 1.165) is 0 Å². The lowest BCUT2D eigenvalue weighted by atomic mass is 10.5. The summed E-state index contributed by atoms with van der Waals surface area (Å²) in [4.78, 5) is 14.8. The van der Waals surface area contributed by atoms with Crippen molar-refractivity contribution < 1.29 is 14.3 Å². The summed E-state index contributed by atoms with van der Waals surface area (Å²) < 4.78 is 9.70. The zero-order chi connectivity index (χ0) is 11.3. The summed E-state index contributed by atoms with van der Waals surface area (Å²) in [6, 6.07) is 1.48. The van der Waals surface area contributed by atoms with Gasteiger partial charge in [-0.15, -0.1) is 0 Å². The van der Waals surface area contributed by atoms with Crippen molar-refractivity contribution in [1.29, 1.82) is 0 Å². The molecule has 1 aromatic rings. The van der Waals surface area contributed by atoms with E-state index in [9.17, 15) is 4.79 Å². The number of pyridine rings is 1. The molecule has 0 unspecified atom stereocenters. The normalized spacial score (nSPS) is 9.80. The van der Waals surface area contributed by atoms with E-state index < -0.39 is 5.97 Å². The molecule has 0 aromatic carbocycles. The van der Waals surface area contributed by atoms with Gasteiger partial charge in [0.25, 0.3) is 0 Å². The topological polar surface area (TPSA) is 48.4 Å². The van der Waals surface area contributed by atoms with E-state index >= 15 is 0 Å². The Morgan fingerprint density at radius 2 is 2.27 bits per heavy atom. The first kappa shape index (κ1) is 12.1. The fourth-order valence-electron chi connectivity index (χ4n) is 0.838. The van der Waals surface area contributed by atoms with Gasteiger partial charge in [-0.2, -0.15) is 0 Å². The molecule has 0 aliphatic carbocycles. The van der Waals surface area contributed by atoms with Crippen molar-refractivity contribution in [3.63, 3.8) is 0 Å². The van der Waals surface area contributed by atoms with Crippen LogP contribution in [-0.4, -0.2) is 24.2 Å². The molecule has 1 heterocycles. The largest absolute Gasteiger partial charge is 0.465 e. The minimum atomic E-state index is -0.467. The highest BCUT2D eigenvalue weighted by Crippen LogP contribution is 2.24. The monoisotopic (exact) mass is 249 g/mol. The molecule has 6 heteroatoms. The first-order valence-corrected chi connectivity index (χ1v) is 4.98. The van der Waals surface area contributed by atoms with Crippen molar-refractivity contribution >= 4 is 29.2 Å². The molecule has 0 atom stereocenters. The lowest BCUT2D eigenvalue weighted by Crippen LogP contribution is -2.15. The van der Waals surface area contributed by atoms with Crippen LogP contribution in [0.4, 0.5) is 0 Å². The Labute approximate surface area is 97.1 Å². The maximum Gasteiger partial charge on any atom is 0.344 e. The van der Waals surface area contributed by atoms with Gasteiger partial charge in [-0.3, -0.25) is 0 Å². The Hall–Kier alpha value is -1.000. The van der Waals surface area contributed by atoms with E-state index in [0.29, 0.717) is 11.6 Å². The smallest absolute Gasteiger partial charge is 0.344 e. The Morgan fingerprint density at radius 1 is 1.53 bits per heavy atom. The van der Waals surface area contributed by atoms with Crippen molar-refractivity contribution in [2.45, 2.75) is 6.92 Å². The summed E-state index contributed by atoms with van der Waals surface area (Å²) in [5, 5.41) is 0.662. The third kappa shape index (κ3) is 3.93. The Bertz CT molecular complexity index is 357. The van der Waals surface area contributed by atoms with Crippen LogP contribution >= 0.6 is 23.2 Å². The molecule has 1 aromatic heterocycles. The van der Waals surface area contributed by atoms with Crippen molar-refractivity contribution in [3.8, 4) is 5.88 Å². The maximum atomic E-state index is 11.0. The fraction of sp³-hybridized carbons (Fsp3) is 0.333. The number of carbonyl (C=O) groups is 1. The number of esters is 1. The van der Waals surface area contributed by atoms with Crippen LogP contribution < -0.4 is 4.74 Å². The van der Waals surface area contributed by atoms with Gasteiger partial charge >= 0.3 is 5.97 Å². The van der Waals surface area contributed by atoms with Crippen LogP contribution in [0.15, 0.2) is 12.3 Å². The number of carbonyl (C=O) groups excluding carboxylic acids is 1. The minimum absolute atomic E-state index is 0.161. The van der Waals surface area contributed by atoms with Gasteiger partial charge in [-0.25, -0.2) is 9.78 Å². The highest BCUT2D eigenvalue weighted by atomic mass is 35.5. The highest BCUT2D eigenvalue weighted by molar-refractivity contribution is 6.35. The molecule has 0 radical (unpaired) electrons.